The summed E-state index contributed by atoms with van der Waals surface area (Å²) in [5, 5.41) is 0. The molecule has 2 fully saturated rings. The first-order valence-electron chi connectivity index (χ1n) is 9.28. The van der Waals surface area contributed by atoms with Gasteiger partial charge in [-0.15, -0.1) is 0 Å². The molecule has 2 aliphatic heterocycles. The second-order valence-corrected chi connectivity index (χ2v) is 7.31. The number of nitrogens with zero attached hydrogens (tertiary/aromatic N) is 3. The fourth-order valence-electron chi connectivity index (χ4n) is 3.37. The van der Waals surface area contributed by atoms with Crippen molar-refractivity contribution in [2.45, 2.75) is 50.2 Å². The summed E-state index contributed by atoms with van der Waals surface area (Å²) in [6.45, 7) is 3.68. The first-order valence-corrected chi connectivity index (χ1v) is 9.28. The minimum absolute atomic E-state index is 0.0625. The average molecular weight is 427 g/mol. The molecule has 0 radical (unpaired) electrons. The van der Waals surface area contributed by atoms with E-state index < -0.39 is 42.1 Å². The zero-order valence-electron chi connectivity index (χ0n) is 16.2. The van der Waals surface area contributed by atoms with Crippen LogP contribution in [0.2, 0.25) is 0 Å². The number of ether oxygens (including phenoxy) is 5. The minimum atomic E-state index is -4.57. The van der Waals surface area contributed by atoms with Gasteiger partial charge in [0.2, 0.25) is 11.8 Å². The van der Waals surface area contributed by atoms with Crippen LogP contribution in [-0.2, 0) is 20.4 Å². The zero-order chi connectivity index (χ0) is 21.4. The molecule has 0 unspecified atom stereocenters. The zero-order valence-corrected chi connectivity index (χ0v) is 16.2. The Morgan fingerprint density at radius 3 is 2.67 bits per heavy atom. The van der Waals surface area contributed by atoms with Crippen molar-refractivity contribution in [3.63, 3.8) is 0 Å². The quantitative estimate of drug-likeness (QED) is 0.720. The molecule has 2 saturated heterocycles. The lowest BCUT2D eigenvalue weighted by Gasteiger charge is -2.36. The normalized spacial score (nSPS) is 28.0. The molecule has 0 aromatic carbocycles. The smallest absolute Gasteiger partial charge is 0.433 e. The van der Waals surface area contributed by atoms with Gasteiger partial charge in [0.25, 0.3) is 0 Å². The Kier molecular flexibility index (Phi) is 5.51. The predicted octanol–water partition coefficient (Wildman–Crippen LogP) is 2.64. The molecule has 30 heavy (non-hydrogen) atoms. The van der Waals surface area contributed by atoms with Gasteiger partial charge in [-0.1, -0.05) is 6.07 Å². The van der Waals surface area contributed by atoms with Crippen molar-refractivity contribution < 1.29 is 36.9 Å². The molecule has 4 heterocycles. The van der Waals surface area contributed by atoms with Gasteiger partial charge in [-0.05, 0) is 19.9 Å². The third kappa shape index (κ3) is 4.63. The topological polar surface area (TPSA) is 84.8 Å². The fraction of sp³-hybridized carbons (Fsp3) is 0.526. The van der Waals surface area contributed by atoms with Gasteiger partial charge in [0, 0.05) is 18.5 Å². The maximum atomic E-state index is 12.9. The van der Waals surface area contributed by atoms with Crippen molar-refractivity contribution in [1.29, 1.82) is 0 Å². The number of fused-ring (bicyclic) bond motifs is 1. The van der Waals surface area contributed by atoms with E-state index in [9.17, 15) is 13.2 Å². The molecule has 0 amide bonds. The van der Waals surface area contributed by atoms with E-state index in [4.69, 9.17) is 23.7 Å². The number of pyridine rings is 1. The van der Waals surface area contributed by atoms with Crippen molar-refractivity contribution in [2.75, 3.05) is 13.2 Å². The van der Waals surface area contributed by atoms with Gasteiger partial charge in [0.05, 0.1) is 12.8 Å². The van der Waals surface area contributed by atoms with E-state index in [1.165, 1.54) is 30.7 Å². The van der Waals surface area contributed by atoms with E-state index in [1.54, 1.807) is 13.8 Å². The Bertz CT molecular complexity index is 868. The number of hydrogen-bond acceptors (Lipinski definition) is 8. The molecule has 2 aromatic heterocycles. The third-order valence-electron chi connectivity index (χ3n) is 4.59. The number of hydrogen-bond donors (Lipinski definition) is 0. The highest BCUT2D eigenvalue weighted by Gasteiger charge is 2.53. The van der Waals surface area contributed by atoms with E-state index in [1.807, 2.05) is 0 Å². The van der Waals surface area contributed by atoms with Gasteiger partial charge in [0.15, 0.2) is 11.9 Å². The lowest BCUT2D eigenvalue weighted by Crippen LogP contribution is -2.55. The van der Waals surface area contributed by atoms with Gasteiger partial charge in [0.1, 0.15) is 30.6 Å². The number of rotatable bonds is 5. The maximum Gasteiger partial charge on any atom is 0.433 e. The molecule has 0 N–H and O–H groups in total. The Balaban J connectivity index is 1.47. The molecule has 0 bridgehead atoms. The lowest BCUT2D eigenvalue weighted by atomic mass is 10.0. The average Bonchev–Trinajstić information content (AvgIpc) is 3.03. The monoisotopic (exact) mass is 427 g/mol. The number of halogens is 3. The highest BCUT2D eigenvalue weighted by Crippen LogP contribution is 2.37. The lowest BCUT2D eigenvalue weighted by molar-refractivity contribution is -0.157. The van der Waals surface area contributed by atoms with E-state index in [-0.39, 0.29) is 19.1 Å². The van der Waals surface area contributed by atoms with Crippen LogP contribution in [0.4, 0.5) is 13.2 Å². The molecule has 0 spiro atoms. The summed E-state index contributed by atoms with van der Waals surface area (Å²) in [6, 6.07) is 3.47. The molecular formula is C19H20F3N3O5. The van der Waals surface area contributed by atoms with Gasteiger partial charge in [-0.2, -0.15) is 13.2 Å². The minimum Gasteiger partial charge on any atom is -0.474 e. The summed E-state index contributed by atoms with van der Waals surface area (Å²) < 4.78 is 67.9. The van der Waals surface area contributed by atoms with Crippen LogP contribution in [0.1, 0.15) is 19.5 Å². The highest BCUT2D eigenvalue weighted by atomic mass is 19.4. The molecule has 4 atom stereocenters. The molecule has 162 valence electrons. The van der Waals surface area contributed by atoms with Crippen molar-refractivity contribution in [3.05, 3.63) is 42.5 Å². The molecule has 0 aliphatic carbocycles. The number of alkyl halides is 3. The SMILES string of the molecule is CC1(C)O[C@@H]2[C@H](O1)[C@@H](Oc1cccc(C(F)(F)F)n1)CO[C@@H]2COc1cnccn1. The Labute approximate surface area is 170 Å². The van der Waals surface area contributed by atoms with E-state index >= 15 is 0 Å². The molecule has 2 aromatic rings. The van der Waals surface area contributed by atoms with Crippen LogP contribution < -0.4 is 9.47 Å². The van der Waals surface area contributed by atoms with E-state index in [2.05, 4.69) is 15.0 Å². The van der Waals surface area contributed by atoms with Crippen molar-refractivity contribution in [1.82, 2.24) is 15.0 Å². The summed E-state index contributed by atoms with van der Waals surface area (Å²) in [5.74, 6) is -0.751. The van der Waals surface area contributed by atoms with Gasteiger partial charge in [-0.3, -0.25) is 4.98 Å². The van der Waals surface area contributed by atoms with E-state index in [0.29, 0.717) is 5.88 Å². The van der Waals surface area contributed by atoms with Crippen molar-refractivity contribution in [2.24, 2.45) is 0 Å². The Morgan fingerprint density at radius 1 is 1.13 bits per heavy atom. The molecular weight excluding hydrogens is 407 g/mol. The third-order valence-corrected chi connectivity index (χ3v) is 4.59. The van der Waals surface area contributed by atoms with Gasteiger partial charge in [-0.25, -0.2) is 9.97 Å². The largest absolute Gasteiger partial charge is 0.474 e. The molecule has 11 heteroatoms. The maximum absolute atomic E-state index is 12.9. The van der Waals surface area contributed by atoms with Crippen LogP contribution in [0, 0.1) is 0 Å². The predicted molar refractivity (Wildman–Crippen MR) is 94.7 cm³/mol. The molecule has 0 saturated carbocycles. The van der Waals surface area contributed by atoms with E-state index in [0.717, 1.165) is 6.07 Å². The summed E-state index contributed by atoms with van der Waals surface area (Å²) in [4.78, 5) is 11.5. The number of aromatic nitrogens is 3. The highest BCUT2D eigenvalue weighted by molar-refractivity contribution is 5.18. The van der Waals surface area contributed by atoms with Crippen LogP contribution in [0.3, 0.4) is 0 Å². The van der Waals surface area contributed by atoms with Crippen LogP contribution in [0.5, 0.6) is 11.8 Å². The summed E-state index contributed by atoms with van der Waals surface area (Å²) >= 11 is 0. The Morgan fingerprint density at radius 2 is 1.93 bits per heavy atom. The van der Waals surface area contributed by atoms with Crippen LogP contribution in [-0.4, -0.2) is 58.4 Å². The molecule has 4 rings (SSSR count). The Hall–Kier alpha value is -2.50. The standard InChI is InChI=1S/C19H20F3N3O5/c1-18(2)29-16-11(9-27-15-8-23-6-7-24-15)26-10-12(17(16)30-18)28-14-5-3-4-13(25-14)19(20,21)22/h3-8,11-12,16-17H,9-10H2,1-2H3/t11-,12+,16+,17-/m1/s1. The summed E-state index contributed by atoms with van der Waals surface area (Å²) in [6.07, 6.45) is -2.40. The van der Waals surface area contributed by atoms with Crippen molar-refractivity contribution >= 4 is 0 Å². The van der Waals surface area contributed by atoms with Crippen molar-refractivity contribution in [3.8, 4) is 11.8 Å². The van der Waals surface area contributed by atoms with Crippen LogP contribution >= 0.6 is 0 Å². The first-order chi connectivity index (χ1) is 14.2. The summed E-state index contributed by atoms with van der Waals surface area (Å²) in [5.41, 5.74) is -1.03. The van der Waals surface area contributed by atoms with Crippen LogP contribution in [0.25, 0.3) is 0 Å². The first kappa shape index (κ1) is 20.8. The molecule has 2 aliphatic rings. The summed E-state index contributed by atoms with van der Waals surface area (Å²) in [7, 11) is 0. The fourth-order valence-corrected chi connectivity index (χ4v) is 3.37. The van der Waals surface area contributed by atoms with Crippen LogP contribution in [0.15, 0.2) is 36.8 Å². The van der Waals surface area contributed by atoms with Gasteiger partial charge < -0.3 is 23.7 Å². The van der Waals surface area contributed by atoms with Gasteiger partial charge >= 0.3 is 6.18 Å². The second-order valence-electron chi connectivity index (χ2n) is 7.31. The molecule has 8 nitrogen and oxygen atoms in total. The second kappa shape index (κ2) is 7.97.